The van der Waals surface area contributed by atoms with Crippen molar-refractivity contribution in [2.45, 2.75) is 82.3 Å². The molecule has 8 heteroatoms. The molecular weight excluding hydrogens is 393 g/mol. The number of hydrogen-bond donors (Lipinski definition) is 2. The Kier molecular flexibility index (Phi) is 7.13. The number of unbranched alkanes of at least 4 members (excludes halogenated alkanes) is 1. The highest BCUT2D eigenvalue weighted by atomic mass is 32.2. The van der Waals surface area contributed by atoms with Crippen molar-refractivity contribution >= 4 is 15.9 Å². The van der Waals surface area contributed by atoms with Crippen LogP contribution in [-0.4, -0.2) is 49.9 Å². The van der Waals surface area contributed by atoms with E-state index < -0.39 is 21.7 Å². The van der Waals surface area contributed by atoms with E-state index in [-0.39, 0.29) is 27.6 Å². The summed E-state index contributed by atoms with van der Waals surface area (Å²) in [6, 6.07) is 3.29. The Hall–Kier alpha value is -1.51. The molecule has 1 aromatic carbocycles. The zero-order chi connectivity index (χ0) is 22.0. The third kappa shape index (κ3) is 5.77. The number of hydrogen-bond acceptors (Lipinski definition) is 4. The molecule has 0 aliphatic carbocycles. The minimum Gasteiger partial charge on any atom is -0.335 e. The molecule has 164 valence electrons. The lowest BCUT2D eigenvalue weighted by Crippen LogP contribution is -2.63. The lowest BCUT2D eigenvalue weighted by atomic mass is 9.78. The number of halogens is 1. The summed E-state index contributed by atoms with van der Waals surface area (Å²) in [5, 5.41) is 3.60. The molecule has 6 nitrogen and oxygen atoms in total. The van der Waals surface area contributed by atoms with Crippen molar-refractivity contribution in [1.82, 2.24) is 14.9 Å². The van der Waals surface area contributed by atoms with Gasteiger partial charge in [-0.1, -0.05) is 13.3 Å². The van der Waals surface area contributed by atoms with Gasteiger partial charge in [0.2, 0.25) is 10.0 Å². The van der Waals surface area contributed by atoms with Crippen molar-refractivity contribution in [1.29, 1.82) is 0 Å². The van der Waals surface area contributed by atoms with Crippen LogP contribution in [0.1, 0.15) is 70.7 Å². The smallest absolute Gasteiger partial charge is 0.257 e. The minimum atomic E-state index is -3.77. The molecule has 0 unspecified atom stereocenters. The predicted molar refractivity (Wildman–Crippen MR) is 113 cm³/mol. The quantitative estimate of drug-likeness (QED) is 0.700. The summed E-state index contributed by atoms with van der Waals surface area (Å²) in [4.78, 5) is 15.0. The third-order valence-corrected chi connectivity index (χ3v) is 6.78. The van der Waals surface area contributed by atoms with Gasteiger partial charge in [-0.25, -0.2) is 17.5 Å². The highest BCUT2D eigenvalue weighted by molar-refractivity contribution is 7.89. The number of nitrogens with zero attached hydrogens (tertiary/aromatic N) is 1. The Bertz CT molecular complexity index is 837. The zero-order valence-electron chi connectivity index (χ0n) is 18.3. The molecule has 0 aromatic heterocycles. The monoisotopic (exact) mass is 427 g/mol. The van der Waals surface area contributed by atoms with Crippen LogP contribution in [0.3, 0.4) is 0 Å². The largest absolute Gasteiger partial charge is 0.335 e. The molecule has 1 aromatic rings. The topological polar surface area (TPSA) is 78.5 Å². The molecule has 0 spiro atoms. The summed E-state index contributed by atoms with van der Waals surface area (Å²) in [5.74, 6) is -1.17. The van der Waals surface area contributed by atoms with Gasteiger partial charge in [0.25, 0.3) is 5.91 Å². The Morgan fingerprint density at radius 1 is 1.24 bits per heavy atom. The number of benzene rings is 1. The van der Waals surface area contributed by atoms with Gasteiger partial charge in [0, 0.05) is 23.7 Å². The molecular formula is C21H34FN3O3S. The van der Waals surface area contributed by atoms with E-state index in [2.05, 4.69) is 37.7 Å². The van der Waals surface area contributed by atoms with E-state index >= 15 is 0 Å². The lowest BCUT2D eigenvalue weighted by Gasteiger charge is -2.49. The average molecular weight is 428 g/mol. The van der Waals surface area contributed by atoms with E-state index in [0.29, 0.717) is 6.54 Å². The first-order chi connectivity index (χ1) is 13.3. The molecule has 1 heterocycles. The second-order valence-electron chi connectivity index (χ2n) is 9.16. The van der Waals surface area contributed by atoms with E-state index in [1.165, 1.54) is 13.1 Å². The SMILES string of the molecule is CCCCN(C(=O)c1cc(S(=O)(=O)NC)ccc1F)C1CC(C)(C)NC(C)(C)C1. The van der Waals surface area contributed by atoms with Gasteiger partial charge in [-0.15, -0.1) is 0 Å². The van der Waals surface area contributed by atoms with Gasteiger partial charge in [-0.2, -0.15) is 0 Å². The third-order valence-electron chi connectivity index (χ3n) is 5.37. The van der Waals surface area contributed by atoms with Crippen LogP contribution in [0.25, 0.3) is 0 Å². The van der Waals surface area contributed by atoms with Crippen LogP contribution in [0.2, 0.25) is 0 Å². The van der Waals surface area contributed by atoms with Gasteiger partial charge in [-0.3, -0.25) is 4.79 Å². The summed E-state index contributed by atoms with van der Waals surface area (Å²) < 4.78 is 41.1. The summed E-state index contributed by atoms with van der Waals surface area (Å²) in [5.41, 5.74) is -0.549. The van der Waals surface area contributed by atoms with Gasteiger partial charge in [0.1, 0.15) is 5.82 Å². The van der Waals surface area contributed by atoms with Crippen molar-refractivity contribution in [3.05, 3.63) is 29.6 Å². The van der Waals surface area contributed by atoms with Gasteiger partial charge in [-0.05, 0) is 72.2 Å². The molecule has 0 bridgehead atoms. The number of rotatable bonds is 7. The highest BCUT2D eigenvalue weighted by Gasteiger charge is 2.41. The second-order valence-corrected chi connectivity index (χ2v) is 11.0. The Balaban J connectivity index is 2.45. The van der Waals surface area contributed by atoms with Gasteiger partial charge >= 0.3 is 0 Å². The van der Waals surface area contributed by atoms with E-state index in [1.54, 1.807) is 4.90 Å². The first kappa shape index (κ1) is 23.8. The van der Waals surface area contributed by atoms with Crippen LogP contribution >= 0.6 is 0 Å². The standard InChI is InChI=1S/C21H34FN3O3S/c1-7-8-11-25(15-13-20(2,3)24-21(4,5)14-15)19(26)17-12-16(9-10-18(17)22)29(27,28)23-6/h9-10,12,15,23-24H,7-8,11,13-14H2,1-6H3. The van der Waals surface area contributed by atoms with Crippen LogP contribution in [0.5, 0.6) is 0 Å². The number of carbonyl (C=O) groups is 1. The van der Waals surface area contributed by atoms with Crippen LogP contribution in [0.15, 0.2) is 23.1 Å². The summed E-state index contributed by atoms with van der Waals surface area (Å²) in [6.45, 7) is 11.0. The fourth-order valence-corrected chi connectivity index (χ4v) is 5.13. The van der Waals surface area contributed by atoms with Crippen molar-refractivity contribution in [2.24, 2.45) is 0 Å². The number of nitrogens with one attached hydrogen (secondary N) is 2. The molecule has 1 amide bonds. The summed E-state index contributed by atoms with van der Waals surface area (Å²) >= 11 is 0. The lowest BCUT2D eigenvalue weighted by molar-refractivity contribution is 0.0437. The second kappa shape index (κ2) is 8.70. The number of amides is 1. The van der Waals surface area contributed by atoms with Crippen LogP contribution in [0.4, 0.5) is 4.39 Å². The van der Waals surface area contributed by atoms with Crippen molar-refractivity contribution in [3.63, 3.8) is 0 Å². The molecule has 1 fully saturated rings. The summed E-state index contributed by atoms with van der Waals surface area (Å²) in [6.07, 6.45) is 3.18. The maximum absolute atomic E-state index is 14.6. The number of piperidine rings is 1. The predicted octanol–water partition coefficient (Wildman–Crippen LogP) is 3.29. The average Bonchev–Trinajstić information content (AvgIpc) is 2.59. The van der Waals surface area contributed by atoms with E-state index in [0.717, 1.165) is 37.8 Å². The number of sulfonamides is 1. The van der Waals surface area contributed by atoms with Crippen molar-refractivity contribution in [2.75, 3.05) is 13.6 Å². The Morgan fingerprint density at radius 3 is 2.34 bits per heavy atom. The first-order valence-electron chi connectivity index (χ1n) is 10.2. The molecule has 0 saturated carbocycles. The molecule has 29 heavy (non-hydrogen) atoms. The van der Waals surface area contributed by atoms with E-state index in [9.17, 15) is 17.6 Å². The molecule has 1 aliphatic rings. The van der Waals surface area contributed by atoms with E-state index in [4.69, 9.17) is 0 Å². The first-order valence-corrected chi connectivity index (χ1v) is 11.6. The number of carbonyl (C=O) groups excluding carboxylic acids is 1. The molecule has 0 radical (unpaired) electrons. The molecule has 1 aliphatic heterocycles. The van der Waals surface area contributed by atoms with Gasteiger partial charge in [0.15, 0.2) is 0 Å². The Morgan fingerprint density at radius 2 is 1.83 bits per heavy atom. The fraction of sp³-hybridized carbons (Fsp3) is 0.667. The van der Waals surface area contributed by atoms with Crippen molar-refractivity contribution in [3.8, 4) is 0 Å². The molecule has 1 saturated heterocycles. The summed E-state index contributed by atoms with van der Waals surface area (Å²) in [7, 11) is -2.49. The molecule has 2 N–H and O–H groups in total. The molecule has 0 atom stereocenters. The van der Waals surface area contributed by atoms with Gasteiger partial charge < -0.3 is 10.2 Å². The zero-order valence-corrected chi connectivity index (χ0v) is 19.1. The van der Waals surface area contributed by atoms with Crippen molar-refractivity contribution < 1.29 is 17.6 Å². The van der Waals surface area contributed by atoms with Crippen LogP contribution in [0, 0.1) is 5.82 Å². The fourth-order valence-electron chi connectivity index (χ4n) is 4.38. The maximum Gasteiger partial charge on any atom is 0.257 e. The van der Waals surface area contributed by atoms with E-state index in [1.807, 2.05) is 6.92 Å². The molecule has 2 rings (SSSR count). The highest BCUT2D eigenvalue weighted by Crippen LogP contribution is 2.33. The Labute approximate surface area is 174 Å². The van der Waals surface area contributed by atoms with Crippen LogP contribution in [-0.2, 0) is 10.0 Å². The van der Waals surface area contributed by atoms with Gasteiger partial charge in [0.05, 0.1) is 10.5 Å². The maximum atomic E-state index is 14.6. The van der Waals surface area contributed by atoms with Crippen LogP contribution < -0.4 is 10.0 Å². The normalized spacial score (nSPS) is 19.1. The minimum absolute atomic E-state index is 0.0655.